The third-order valence-corrected chi connectivity index (χ3v) is 3.52. The molecule has 2 rings (SSSR count). The Hall–Kier alpha value is -0.640. The summed E-state index contributed by atoms with van der Waals surface area (Å²) < 4.78 is 13.1. The van der Waals surface area contributed by atoms with Crippen LogP contribution in [0, 0.1) is 11.2 Å². The molecule has 0 spiro atoms. The smallest absolute Gasteiger partial charge is 0.123 e. The van der Waals surface area contributed by atoms with Gasteiger partial charge < -0.3 is 5.32 Å². The molecule has 0 saturated carbocycles. The first-order valence-electron chi connectivity index (χ1n) is 6.69. The molecule has 1 aromatic carbocycles. The summed E-state index contributed by atoms with van der Waals surface area (Å²) in [5.74, 6) is -0.160. The summed E-state index contributed by atoms with van der Waals surface area (Å²) in [7, 11) is 0. The van der Waals surface area contributed by atoms with Gasteiger partial charge in [0.2, 0.25) is 0 Å². The van der Waals surface area contributed by atoms with E-state index in [9.17, 15) is 4.39 Å². The average Bonchev–Trinajstić information content (AvgIpc) is 2.32. The highest BCUT2D eigenvalue weighted by Crippen LogP contribution is 2.38. The molecule has 19 heavy (non-hydrogen) atoms. The van der Waals surface area contributed by atoms with Crippen molar-refractivity contribution < 1.29 is 4.39 Å². The maximum absolute atomic E-state index is 13.1. The van der Waals surface area contributed by atoms with E-state index in [1.807, 2.05) is 12.1 Å². The molecule has 2 nitrogen and oxygen atoms in total. The number of halogens is 2. The molecule has 0 aliphatic carbocycles. The molecular weight excluding hydrogens is 263 g/mol. The second-order valence-corrected chi connectivity index (χ2v) is 6.11. The zero-order valence-electron chi connectivity index (χ0n) is 11.9. The number of hydrogen-bond acceptors (Lipinski definition) is 2. The largest absolute Gasteiger partial charge is 0.314 e. The second kappa shape index (κ2) is 6.69. The Morgan fingerprint density at radius 3 is 2.11 bits per heavy atom. The van der Waals surface area contributed by atoms with Crippen molar-refractivity contribution in [1.29, 1.82) is 0 Å². The highest BCUT2D eigenvalue weighted by Gasteiger charge is 2.32. The van der Waals surface area contributed by atoms with Crippen LogP contribution >= 0.6 is 12.4 Å². The van der Waals surface area contributed by atoms with Crippen LogP contribution in [0.1, 0.15) is 32.4 Å². The van der Waals surface area contributed by atoms with Gasteiger partial charge in [0.05, 0.1) is 0 Å². The van der Waals surface area contributed by atoms with Crippen molar-refractivity contribution in [3.8, 4) is 0 Å². The van der Waals surface area contributed by atoms with Gasteiger partial charge >= 0.3 is 0 Å². The fourth-order valence-electron chi connectivity index (χ4n) is 2.84. The van der Waals surface area contributed by atoms with Gasteiger partial charge in [-0.1, -0.05) is 32.9 Å². The summed E-state index contributed by atoms with van der Waals surface area (Å²) in [5, 5.41) is 3.38. The summed E-state index contributed by atoms with van der Waals surface area (Å²) in [5.41, 5.74) is 1.36. The molecule has 0 bridgehead atoms. The lowest BCUT2D eigenvalue weighted by atomic mass is 9.81. The van der Waals surface area contributed by atoms with Gasteiger partial charge in [0.1, 0.15) is 5.82 Å². The highest BCUT2D eigenvalue weighted by atomic mass is 35.5. The SMILES string of the molecule is CC(C)(C)[C@H](c1ccc(F)cc1)N1CCNCC1.Cl. The zero-order valence-corrected chi connectivity index (χ0v) is 12.8. The highest BCUT2D eigenvalue weighted by molar-refractivity contribution is 5.85. The lowest BCUT2D eigenvalue weighted by molar-refractivity contribution is 0.0862. The summed E-state index contributed by atoms with van der Waals surface area (Å²) >= 11 is 0. The Balaban J connectivity index is 0.00000180. The topological polar surface area (TPSA) is 15.3 Å². The van der Waals surface area contributed by atoms with Gasteiger partial charge in [-0.15, -0.1) is 12.4 Å². The quantitative estimate of drug-likeness (QED) is 0.898. The van der Waals surface area contributed by atoms with E-state index in [4.69, 9.17) is 0 Å². The number of nitrogens with one attached hydrogen (secondary N) is 1. The van der Waals surface area contributed by atoms with E-state index in [2.05, 4.69) is 31.0 Å². The molecule has 1 aromatic rings. The standard InChI is InChI=1S/C15H23FN2.ClH/c1-15(2,3)14(18-10-8-17-9-11-18)12-4-6-13(16)7-5-12;/h4-7,14,17H,8-11H2,1-3H3;1H/t14-;/m0./s1. The minimum absolute atomic E-state index is 0. The van der Waals surface area contributed by atoms with Gasteiger partial charge in [-0.3, -0.25) is 4.90 Å². The molecule has 108 valence electrons. The van der Waals surface area contributed by atoms with E-state index in [1.165, 1.54) is 5.56 Å². The van der Waals surface area contributed by atoms with Gasteiger partial charge in [0, 0.05) is 32.2 Å². The van der Waals surface area contributed by atoms with Crippen LogP contribution in [0.4, 0.5) is 4.39 Å². The minimum Gasteiger partial charge on any atom is -0.314 e. The maximum Gasteiger partial charge on any atom is 0.123 e. The number of piperazine rings is 1. The molecule has 0 amide bonds. The van der Waals surface area contributed by atoms with Crippen LogP contribution in [0.3, 0.4) is 0 Å². The van der Waals surface area contributed by atoms with Gasteiger partial charge in [-0.25, -0.2) is 4.39 Å². The predicted octanol–water partition coefficient (Wildman–Crippen LogP) is 3.24. The molecule has 1 aliphatic rings. The average molecular weight is 287 g/mol. The molecule has 1 fully saturated rings. The molecule has 1 aliphatic heterocycles. The van der Waals surface area contributed by atoms with Crippen molar-refractivity contribution >= 4 is 12.4 Å². The maximum atomic E-state index is 13.1. The monoisotopic (exact) mass is 286 g/mol. The summed E-state index contributed by atoms with van der Waals surface area (Å²) in [6.07, 6.45) is 0. The van der Waals surface area contributed by atoms with Crippen LogP contribution in [-0.4, -0.2) is 31.1 Å². The van der Waals surface area contributed by atoms with E-state index in [1.54, 1.807) is 12.1 Å². The Morgan fingerprint density at radius 2 is 1.63 bits per heavy atom. The van der Waals surface area contributed by atoms with Crippen LogP contribution < -0.4 is 5.32 Å². The molecule has 0 unspecified atom stereocenters. The van der Waals surface area contributed by atoms with Gasteiger partial charge in [0.15, 0.2) is 0 Å². The van der Waals surface area contributed by atoms with Crippen molar-refractivity contribution in [2.75, 3.05) is 26.2 Å². The number of rotatable bonds is 2. The van der Waals surface area contributed by atoms with Gasteiger partial charge in [0.25, 0.3) is 0 Å². The third-order valence-electron chi connectivity index (χ3n) is 3.52. The van der Waals surface area contributed by atoms with E-state index in [0.29, 0.717) is 6.04 Å². The van der Waals surface area contributed by atoms with E-state index in [-0.39, 0.29) is 23.6 Å². The normalized spacial score (nSPS) is 18.7. The summed E-state index contributed by atoms with van der Waals surface area (Å²) in [4.78, 5) is 2.50. The number of benzene rings is 1. The minimum atomic E-state index is -0.160. The van der Waals surface area contributed by atoms with E-state index >= 15 is 0 Å². The van der Waals surface area contributed by atoms with E-state index < -0.39 is 0 Å². The summed E-state index contributed by atoms with van der Waals surface area (Å²) in [6.45, 7) is 10.9. The molecule has 0 radical (unpaired) electrons. The molecule has 0 aromatic heterocycles. The third kappa shape index (κ3) is 4.16. The van der Waals surface area contributed by atoms with Crippen LogP contribution in [0.5, 0.6) is 0 Å². The first-order valence-corrected chi connectivity index (χ1v) is 6.69. The Bertz CT molecular complexity index is 380. The number of hydrogen-bond donors (Lipinski definition) is 1. The fraction of sp³-hybridized carbons (Fsp3) is 0.600. The van der Waals surface area contributed by atoms with Crippen molar-refractivity contribution in [3.05, 3.63) is 35.6 Å². The number of nitrogens with zero attached hydrogens (tertiary/aromatic N) is 1. The van der Waals surface area contributed by atoms with E-state index in [0.717, 1.165) is 26.2 Å². The van der Waals surface area contributed by atoms with Crippen molar-refractivity contribution in [1.82, 2.24) is 10.2 Å². The second-order valence-electron chi connectivity index (χ2n) is 6.11. The lowest BCUT2D eigenvalue weighted by Gasteiger charge is -2.42. The Labute approximate surface area is 121 Å². The molecule has 1 N–H and O–H groups in total. The van der Waals surface area contributed by atoms with Crippen LogP contribution in [0.15, 0.2) is 24.3 Å². The summed E-state index contributed by atoms with van der Waals surface area (Å²) in [6, 6.07) is 7.33. The fourth-order valence-corrected chi connectivity index (χ4v) is 2.84. The van der Waals surface area contributed by atoms with Crippen LogP contribution in [0.2, 0.25) is 0 Å². The Kier molecular flexibility index (Phi) is 5.78. The van der Waals surface area contributed by atoms with Crippen LogP contribution in [-0.2, 0) is 0 Å². The molecule has 1 atom stereocenters. The van der Waals surface area contributed by atoms with Crippen molar-refractivity contribution in [2.24, 2.45) is 5.41 Å². The van der Waals surface area contributed by atoms with Gasteiger partial charge in [-0.2, -0.15) is 0 Å². The van der Waals surface area contributed by atoms with Crippen molar-refractivity contribution in [3.63, 3.8) is 0 Å². The first-order chi connectivity index (χ1) is 8.48. The van der Waals surface area contributed by atoms with Crippen molar-refractivity contribution in [2.45, 2.75) is 26.8 Å². The molecule has 1 saturated heterocycles. The van der Waals surface area contributed by atoms with Crippen LogP contribution in [0.25, 0.3) is 0 Å². The molecule has 1 heterocycles. The molecule has 4 heteroatoms. The lowest BCUT2D eigenvalue weighted by Crippen LogP contribution is -2.48. The predicted molar refractivity (Wildman–Crippen MR) is 80.3 cm³/mol. The first kappa shape index (κ1) is 16.4. The zero-order chi connectivity index (χ0) is 13.2. The Morgan fingerprint density at radius 1 is 1.11 bits per heavy atom. The van der Waals surface area contributed by atoms with Gasteiger partial charge in [-0.05, 0) is 23.1 Å². The molecular formula is C15H24ClFN2.